The molecule has 2 amide bonds. The first kappa shape index (κ1) is 19.9. The van der Waals surface area contributed by atoms with Crippen LogP contribution in [0.5, 0.6) is 0 Å². The number of ether oxygens (including phenoxy) is 2. The molecule has 0 saturated carbocycles. The summed E-state index contributed by atoms with van der Waals surface area (Å²) in [5.74, 6) is 0.164. The second-order valence-electron chi connectivity index (χ2n) is 4.95. The van der Waals surface area contributed by atoms with E-state index in [1.54, 1.807) is 14.2 Å². The smallest absolute Gasteiger partial charge is 0.220 e. The number of unbranched alkanes of at least 4 members (excludes halogenated alkanes) is 2. The van der Waals surface area contributed by atoms with Gasteiger partial charge in [-0.1, -0.05) is 0 Å². The average molecular weight is 302 g/mol. The van der Waals surface area contributed by atoms with Gasteiger partial charge >= 0.3 is 0 Å². The number of carbonyl (C=O) groups excluding carboxylic acids is 2. The molecule has 0 bridgehead atoms. The average Bonchev–Trinajstić information content (AvgIpc) is 2.47. The van der Waals surface area contributed by atoms with Crippen molar-refractivity contribution in [1.82, 2.24) is 10.6 Å². The maximum Gasteiger partial charge on any atom is 0.220 e. The van der Waals surface area contributed by atoms with Crippen molar-refractivity contribution in [2.75, 3.05) is 40.5 Å². The Labute approximate surface area is 127 Å². The van der Waals surface area contributed by atoms with Gasteiger partial charge in [0.05, 0.1) is 0 Å². The standard InChI is InChI=1S/C15H30N2O4/c1-20-12-6-8-14(18)16-10-4-3-5-11-17-15(19)9-7-13-21-2/h3-13H2,1-2H3,(H,16,18)(H,17,19). The van der Waals surface area contributed by atoms with Crippen molar-refractivity contribution in [3.63, 3.8) is 0 Å². The quantitative estimate of drug-likeness (QED) is 0.473. The lowest BCUT2D eigenvalue weighted by atomic mass is 10.2. The number of hydrogen-bond donors (Lipinski definition) is 2. The van der Waals surface area contributed by atoms with Crippen LogP contribution in [0.3, 0.4) is 0 Å². The number of amides is 2. The van der Waals surface area contributed by atoms with Gasteiger partial charge in [0.1, 0.15) is 0 Å². The second-order valence-corrected chi connectivity index (χ2v) is 4.95. The molecule has 0 aliphatic rings. The Morgan fingerprint density at radius 3 is 1.52 bits per heavy atom. The van der Waals surface area contributed by atoms with Crippen molar-refractivity contribution < 1.29 is 19.1 Å². The first-order chi connectivity index (χ1) is 10.2. The van der Waals surface area contributed by atoms with E-state index in [2.05, 4.69) is 10.6 Å². The van der Waals surface area contributed by atoms with E-state index < -0.39 is 0 Å². The fourth-order valence-corrected chi connectivity index (χ4v) is 1.81. The van der Waals surface area contributed by atoms with Gasteiger partial charge < -0.3 is 20.1 Å². The van der Waals surface area contributed by atoms with Gasteiger partial charge in [-0.2, -0.15) is 0 Å². The van der Waals surface area contributed by atoms with Gasteiger partial charge in [-0.15, -0.1) is 0 Å². The fraction of sp³-hybridized carbons (Fsp3) is 0.867. The van der Waals surface area contributed by atoms with E-state index in [4.69, 9.17) is 9.47 Å². The molecule has 0 fully saturated rings. The van der Waals surface area contributed by atoms with E-state index in [0.29, 0.717) is 39.1 Å². The monoisotopic (exact) mass is 302 g/mol. The van der Waals surface area contributed by atoms with Gasteiger partial charge in [-0.3, -0.25) is 9.59 Å². The zero-order chi connectivity index (χ0) is 15.8. The molecule has 0 saturated heterocycles. The van der Waals surface area contributed by atoms with E-state index in [0.717, 1.165) is 32.1 Å². The van der Waals surface area contributed by atoms with Crippen LogP contribution in [-0.2, 0) is 19.1 Å². The van der Waals surface area contributed by atoms with Crippen LogP contribution in [0.4, 0.5) is 0 Å². The summed E-state index contributed by atoms with van der Waals surface area (Å²) in [5.41, 5.74) is 0. The first-order valence-electron chi connectivity index (χ1n) is 7.72. The maximum absolute atomic E-state index is 11.4. The number of nitrogens with one attached hydrogen (secondary N) is 2. The Kier molecular flexibility index (Phi) is 14.4. The minimum atomic E-state index is 0.0819. The fourth-order valence-electron chi connectivity index (χ4n) is 1.81. The molecule has 0 radical (unpaired) electrons. The van der Waals surface area contributed by atoms with Crippen molar-refractivity contribution in [2.45, 2.75) is 44.9 Å². The molecule has 0 aromatic heterocycles. The lowest BCUT2D eigenvalue weighted by molar-refractivity contribution is -0.122. The van der Waals surface area contributed by atoms with Crippen LogP contribution in [-0.4, -0.2) is 52.3 Å². The molecule has 0 aromatic carbocycles. The summed E-state index contributed by atoms with van der Waals surface area (Å²) in [4.78, 5) is 22.8. The molecule has 6 nitrogen and oxygen atoms in total. The Hall–Kier alpha value is -1.14. The van der Waals surface area contributed by atoms with Crippen LogP contribution < -0.4 is 10.6 Å². The molecule has 2 N–H and O–H groups in total. The molecule has 0 atom stereocenters. The number of hydrogen-bond acceptors (Lipinski definition) is 4. The third-order valence-corrected chi connectivity index (χ3v) is 3.00. The molecule has 0 aliphatic carbocycles. The molecule has 6 heteroatoms. The van der Waals surface area contributed by atoms with Crippen LogP contribution in [0.25, 0.3) is 0 Å². The Bertz CT molecular complexity index is 246. The molecule has 124 valence electrons. The number of rotatable bonds is 14. The summed E-state index contributed by atoms with van der Waals surface area (Å²) in [6, 6.07) is 0. The van der Waals surface area contributed by atoms with Crippen molar-refractivity contribution in [1.29, 1.82) is 0 Å². The van der Waals surface area contributed by atoms with E-state index in [-0.39, 0.29) is 11.8 Å². The van der Waals surface area contributed by atoms with Crippen LogP contribution >= 0.6 is 0 Å². The minimum absolute atomic E-state index is 0.0819. The van der Waals surface area contributed by atoms with Crippen LogP contribution in [0, 0.1) is 0 Å². The first-order valence-corrected chi connectivity index (χ1v) is 7.72. The van der Waals surface area contributed by atoms with Crippen molar-refractivity contribution >= 4 is 11.8 Å². The summed E-state index contributed by atoms with van der Waals surface area (Å²) in [7, 11) is 3.27. The molecule has 0 aromatic rings. The largest absolute Gasteiger partial charge is 0.385 e. The summed E-state index contributed by atoms with van der Waals surface area (Å²) in [6.07, 6.45) is 5.44. The van der Waals surface area contributed by atoms with Gasteiger partial charge in [0.2, 0.25) is 11.8 Å². The predicted octanol–water partition coefficient (Wildman–Crippen LogP) is 1.24. The van der Waals surface area contributed by atoms with Crippen molar-refractivity contribution in [3.05, 3.63) is 0 Å². The highest BCUT2D eigenvalue weighted by Crippen LogP contribution is 1.95. The molecule has 0 heterocycles. The van der Waals surface area contributed by atoms with Gasteiger partial charge in [-0.05, 0) is 32.1 Å². The summed E-state index contributed by atoms with van der Waals surface area (Å²) < 4.78 is 9.78. The SMILES string of the molecule is COCCCC(=O)NCCCCCNC(=O)CCCOC. The van der Waals surface area contributed by atoms with Crippen molar-refractivity contribution in [2.24, 2.45) is 0 Å². The number of methoxy groups -OCH3 is 2. The lowest BCUT2D eigenvalue weighted by Gasteiger charge is -2.06. The third kappa shape index (κ3) is 15.1. The van der Waals surface area contributed by atoms with Gasteiger partial charge in [0.15, 0.2) is 0 Å². The predicted molar refractivity (Wildman–Crippen MR) is 82.1 cm³/mol. The zero-order valence-electron chi connectivity index (χ0n) is 13.4. The highest BCUT2D eigenvalue weighted by atomic mass is 16.5. The van der Waals surface area contributed by atoms with Crippen LogP contribution in [0.15, 0.2) is 0 Å². The van der Waals surface area contributed by atoms with E-state index >= 15 is 0 Å². The van der Waals surface area contributed by atoms with Gasteiger partial charge in [0, 0.05) is 53.4 Å². The maximum atomic E-state index is 11.4. The van der Waals surface area contributed by atoms with E-state index in [1.165, 1.54) is 0 Å². The van der Waals surface area contributed by atoms with Crippen molar-refractivity contribution in [3.8, 4) is 0 Å². The summed E-state index contributed by atoms with van der Waals surface area (Å²) >= 11 is 0. The van der Waals surface area contributed by atoms with E-state index in [1.807, 2.05) is 0 Å². The molecule has 0 spiro atoms. The summed E-state index contributed by atoms with van der Waals surface area (Å²) in [6.45, 7) is 2.65. The summed E-state index contributed by atoms with van der Waals surface area (Å²) in [5, 5.41) is 5.76. The molecule has 0 aliphatic heterocycles. The molecular formula is C15H30N2O4. The molecular weight excluding hydrogens is 272 g/mol. The normalized spacial score (nSPS) is 10.4. The van der Waals surface area contributed by atoms with Crippen LogP contribution in [0.2, 0.25) is 0 Å². The third-order valence-electron chi connectivity index (χ3n) is 3.00. The molecule has 0 unspecified atom stereocenters. The second kappa shape index (κ2) is 15.3. The topological polar surface area (TPSA) is 76.7 Å². The Balaban J connectivity index is 3.24. The van der Waals surface area contributed by atoms with Gasteiger partial charge in [-0.25, -0.2) is 0 Å². The van der Waals surface area contributed by atoms with Gasteiger partial charge in [0.25, 0.3) is 0 Å². The Morgan fingerprint density at radius 2 is 1.14 bits per heavy atom. The molecule has 0 rings (SSSR count). The highest BCUT2D eigenvalue weighted by molar-refractivity contribution is 5.76. The zero-order valence-corrected chi connectivity index (χ0v) is 13.4. The minimum Gasteiger partial charge on any atom is -0.385 e. The Morgan fingerprint density at radius 1 is 0.714 bits per heavy atom. The highest BCUT2D eigenvalue weighted by Gasteiger charge is 2.01. The van der Waals surface area contributed by atoms with E-state index in [9.17, 15) is 9.59 Å². The number of carbonyl (C=O) groups is 2. The lowest BCUT2D eigenvalue weighted by Crippen LogP contribution is -2.26. The van der Waals surface area contributed by atoms with Crippen LogP contribution in [0.1, 0.15) is 44.9 Å². The molecule has 21 heavy (non-hydrogen) atoms.